The van der Waals surface area contributed by atoms with Crippen LogP contribution >= 0.6 is 12.4 Å². The van der Waals surface area contributed by atoms with E-state index in [2.05, 4.69) is 10.3 Å². The molecule has 8 heteroatoms. The van der Waals surface area contributed by atoms with E-state index in [1.807, 2.05) is 12.1 Å². The minimum absolute atomic E-state index is 0. The highest BCUT2D eigenvalue weighted by Crippen LogP contribution is 2.38. The summed E-state index contributed by atoms with van der Waals surface area (Å²) in [6, 6.07) is 3.68. The number of halogens is 1. The number of fused-ring (bicyclic) bond motifs is 1. The molecular weight excluding hydrogens is 368 g/mol. The number of hydrogen-bond acceptors (Lipinski definition) is 5. The zero-order valence-corrected chi connectivity index (χ0v) is 16.0. The van der Waals surface area contributed by atoms with Crippen LogP contribution in [0.3, 0.4) is 0 Å². The van der Waals surface area contributed by atoms with Gasteiger partial charge in [0.15, 0.2) is 0 Å². The molecule has 1 aromatic rings. The molecule has 3 amide bonds. The normalized spacial score (nSPS) is 27.9. The molecule has 1 aromatic heterocycles. The first-order valence-corrected chi connectivity index (χ1v) is 9.42. The topological polar surface area (TPSA) is 82.6 Å². The summed E-state index contributed by atoms with van der Waals surface area (Å²) < 4.78 is 0. The number of nitrogens with one attached hydrogen (secondary N) is 1. The number of rotatable bonds is 3. The molecule has 1 aliphatic carbocycles. The smallest absolute Gasteiger partial charge is 0.243 e. The van der Waals surface area contributed by atoms with Gasteiger partial charge in [0, 0.05) is 32.0 Å². The first-order valence-electron chi connectivity index (χ1n) is 9.42. The van der Waals surface area contributed by atoms with Gasteiger partial charge < -0.3 is 10.2 Å². The van der Waals surface area contributed by atoms with Gasteiger partial charge in [0.05, 0.1) is 17.9 Å². The summed E-state index contributed by atoms with van der Waals surface area (Å²) in [7, 11) is 0. The molecule has 0 radical (unpaired) electrons. The second-order valence-corrected chi connectivity index (χ2v) is 7.35. The fraction of sp³-hybridized carbons (Fsp3) is 0.579. The van der Waals surface area contributed by atoms with E-state index >= 15 is 0 Å². The highest BCUT2D eigenvalue weighted by molar-refractivity contribution is 6.07. The van der Waals surface area contributed by atoms with Gasteiger partial charge in [0.1, 0.15) is 6.54 Å². The van der Waals surface area contributed by atoms with Crippen LogP contribution in [0.5, 0.6) is 0 Å². The fourth-order valence-corrected chi connectivity index (χ4v) is 4.49. The molecule has 2 saturated heterocycles. The van der Waals surface area contributed by atoms with Crippen molar-refractivity contribution < 1.29 is 14.4 Å². The van der Waals surface area contributed by atoms with E-state index in [9.17, 15) is 14.4 Å². The van der Waals surface area contributed by atoms with Crippen molar-refractivity contribution in [2.75, 3.05) is 26.2 Å². The van der Waals surface area contributed by atoms with E-state index in [4.69, 9.17) is 0 Å². The Morgan fingerprint density at radius 2 is 1.89 bits per heavy atom. The predicted molar refractivity (Wildman–Crippen MR) is 101 cm³/mol. The van der Waals surface area contributed by atoms with E-state index in [0.717, 1.165) is 31.2 Å². The molecule has 0 bridgehead atoms. The van der Waals surface area contributed by atoms with Gasteiger partial charge in [0.2, 0.25) is 17.7 Å². The largest absolute Gasteiger partial charge is 0.331 e. The molecule has 3 fully saturated rings. The third kappa shape index (κ3) is 3.71. The molecule has 1 saturated carbocycles. The number of aromatic nitrogens is 1. The maximum absolute atomic E-state index is 13.0. The number of carbonyl (C=O) groups is 3. The SMILES string of the molecule is Cl.O=C1C2CCCCC2C(=O)N1CC(=O)N1CCNCC1c1cccnc1. The summed E-state index contributed by atoms with van der Waals surface area (Å²) in [5, 5.41) is 3.30. The lowest BCUT2D eigenvalue weighted by atomic mass is 9.81. The van der Waals surface area contributed by atoms with Gasteiger partial charge in [-0.2, -0.15) is 0 Å². The Balaban J connectivity index is 0.00000210. The van der Waals surface area contributed by atoms with Crippen LogP contribution in [0, 0.1) is 11.8 Å². The summed E-state index contributed by atoms with van der Waals surface area (Å²) in [6.07, 6.45) is 6.98. The highest BCUT2D eigenvalue weighted by Gasteiger charge is 2.49. The molecule has 3 heterocycles. The first-order chi connectivity index (χ1) is 12.7. The Hall–Kier alpha value is -1.99. The van der Waals surface area contributed by atoms with Gasteiger partial charge in [0.25, 0.3) is 0 Å². The molecule has 0 aromatic carbocycles. The molecule has 3 unspecified atom stereocenters. The third-order valence-electron chi connectivity index (χ3n) is 5.86. The van der Waals surface area contributed by atoms with Gasteiger partial charge in [-0.25, -0.2) is 0 Å². The van der Waals surface area contributed by atoms with Crippen molar-refractivity contribution in [3.63, 3.8) is 0 Å². The van der Waals surface area contributed by atoms with Crippen LogP contribution in [0.25, 0.3) is 0 Å². The zero-order chi connectivity index (χ0) is 18.1. The number of pyridine rings is 1. The molecule has 146 valence electrons. The molecule has 3 aliphatic rings. The summed E-state index contributed by atoms with van der Waals surface area (Å²) in [6.45, 7) is 1.77. The van der Waals surface area contributed by atoms with Crippen molar-refractivity contribution in [3.05, 3.63) is 30.1 Å². The fourth-order valence-electron chi connectivity index (χ4n) is 4.49. The number of imide groups is 1. The van der Waals surface area contributed by atoms with Crippen LogP contribution in [0.1, 0.15) is 37.3 Å². The van der Waals surface area contributed by atoms with Crippen LogP contribution in [-0.2, 0) is 14.4 Å². The molecule has 4 rings (SSSR count). The predicted octanol–water partition coefficient (Wildman–Crippen LogP) is 1.15. The Kier molecular flexibility index (Phi) is 6.11. The molecule has 3 atom stereocenters. The van der Waals surface area contributed by atoms with Crippen LogP contribution < -0.4 is 5.32 Å². The van der Waals surface area contributed by atoms with Gasteiger partial charge in [-0.15, -0.1) is 12.4 Å². The summed E-state index contributed by atoms with van der Waals surface area (Å²) in [5.41, 5.74) is 0.959. The van der Waals surface area contributed by atoms with Gasteiger partial charge in [-0.05, 0) is 24.5 Å². The second-order valence-electron chi connectivity index (χ2n) is 7.35. The maximum Gasteiger partial charge on any atom is 0.243 e. The molecular formula is C19H25ClN4O3. The third-order valence-corrected chi connectivity index (χ3v) is 5.86. The highest BCUT2D eigenvalue weighted by atomic mass is 35.5. The van der Waals surface area contributed by atoms with Crippen molar-refractivity contribution in [1.82, 2.24) is 20.1 Å². The van der Waals surface area contributed by atoms with Crippen LogP contribution in [0.4, 0.5) is 0 Å². The second kappa shape index (κ2) is 8.35. The standard InChI is InChI=1S/C19H24N4O3.ClH/c24-17(12-23-18(25)14-5-1-2-6-15(14)19(23)26)22-9-8-21-11-16(22)13-4-3-7-20-10-13;/h3-4,7,10,14-16,21H,1-2,5-6,8-9,11-12H2;1H. The van der Waals surface area contributed by atoms with Crippen molar-refractivity contribution in [3.8, 4) is 0 Å². The van der Waals surface area contributed by atoms with Crippen molar-refractivity contribution in [2.45, 2.75) is 31.7 Å². The number of nitrogens with zero attached hydrogens (tertiary/aromatic N) is 3. The number of amides is 3. The summed E-state index contributed by atoms with van der Waals surface area (Å²) in [5.74, 6) is -0.884. The lowest BCUT2D eigenvalue weighted by Gasteiger charge is -2.37. The summed E-state index contributed by atoms with van der Waals surface area (Å²) in [4.78, 5) is 45.4. The van der Waals surface area contributed by atoms with E-state index in [-0.39, 0.29) is 54.6 Å². The Labute approximate surface area is 164 Å². The van der Waals surface area contributed by atoms with Crippen molar-refractivity contribution >= 4 is 30.1 Å². The number of hydrogen-bond donors (Lipinski definition) is 1. The van der Waals surface area contributed by atoms with E-state index < -0.39 is 0 Å². The monoisotopic (exact) mass is 392 g/mol. The Morgan fingerprint density at radius 3 is 2.52 bits per heavy atom. The molecule has 0 spiro atoms. The van der Waals surface area contributed by atoms with Gasteiger partial charge in [-0.3, -0.25) is 24.3 Å². The average Bonchev–Trinajstić information content (AvgIpc) is 2.94. The number of piperazine rings is 1. The quantitative estimate of drug-likeness (QED) is 0.780. The Morgan fingerprint density at radius 1 is 1.19 bits per heavy atom. The van der Waals surface area contributed by atoms with Crippen molar-refractivity contribution in [1.29, 1.82) is 0 Å². The lowest BCUT2D eigenvalue weighted by Crippen LogP contribution is -2.52. The lowest BCUT2D eigenvalue weighted by molar-refractivity contribution is -0.148. The van der Waals surface area contributed by atoms with Gasteiger partial charge in [-0.1, -0.05) is 18.9 Å². The van der Waals surface area contributed by atoms with E-state index in [1.165, 1.54) is 4.90 Å². The first kappa shape index (κ1) is 19.8. The van der Waals surface area contributed by atoms with Gasteiger partial charge >= 0.3 is 0 Å². The number of carbonyl (C=O) groups excluding carboxylic acids is 3. The summed E-state index contributed by atoms with van der Waals surface area (Å²) >= 11 is 0. The molecule has 27 heavy (non-hydrogen) atoms. The zero-order valence-electron chi connectivity index (χ0n) is 15.2. The molecule has 7 nitrogen and oxygen atoms in total. The van der Waals surface area contributed by atoms with E-state index in [0.29, 0.717) is 19.6 Å². The van der Waals surface area contributed by atoms with Crippen LogP contribution in [0.15, 0.2) is 24.5 Å². The molecule has 2 aliphatic heterocycles. The molecule has 1 N–H and O–H groups in total. The Bertz CT molecular complexity index is 690. The number of likely N-dealkylation sites (tertiary alicyclic amines) is 1. The van der Waals surface area contributed by atoms with E-state index in [1.54, 1.807) is 17.3 Å². The van der Waals surface area contributed by atoms with Crippen LogP contribution in [0.2, 0.25) is 0 Å². The van der Waals surface area contributed by atoms with Crippen LogP contribution in [-0.4, -0.2) is 58.7 Å². The minimum atomic E-state index is -0.207. The van der Waals surface area contributed by atoms with Crippen molar-refractivity contribution in [2.24, 2.45) is 11.8 Å². The average molecular weight is 393 g/mol. The maximum atomic E-state index is 13.0. The minimum Gasteiger partial charge on any atom is -0.331 e.